The van der Waals surface area contributed by atoms with Crippen LogP contribution in [0.2, 0.25) is 0 Å². The predicted molar refractivity (Wildman–Crippen MR) is 68.1 cm³/mol. The molecule has 1 nitrogen and oxygen atoms in total. The van der Waals surface area contributed by atoms with Crippen LogP contribution in [0.4, 0.5) is 0 Å². The lowest BCUT2D eigenvalue weighted by atomic mass is 9.96. The quantitative estimate of drug-likeness (QED) is 0.501. The summed E-state index contributed by atoms with van der Waals surface area (Å²) in [7, 11) is 0. The Balaban J connectivity index is 3.08. The van der Waals surface area contributed by atoms with E-state index >= 15 is 0 Å². The van der Waals surface area contributed by atoms with Gasteiger partial charge in [0.25, 0.3) is 0 Å². The molecule has 0 fully saturated rings. The second-order valence-electron chi connectivity index (χ2n) is 4.88. The predicted octanol–water partition coefficient (Wildman–Crippen LogP) is 4.54. The van der Waals surface area contributed by atoms with Gasteiger partial charge in [0.05, 0.1) is 0 Å². The van der Waals surface area contributed by atoms with Gasteiger partial charge in [-0.05, 0) is 12.3 Å². The molecule has 0 aromatic rings. The number of rotatable bonds is 11. The van der Waals surface area contributed by atoms with Gasteiger partial charge in [-0.2, -0.15) is 0 Å². The van der Waals surface area contributed by atoms with E-state index in [-0.39, 0.29) is 0 Å². The van der Waals surface area contributed by atoms with Crippen LogP contribution >= 0.6 is 0 Å². The molecule has 0 heterocycles. The summed E-state index contributed by atoms with van der Waals surface area (Å²) in [6, 6.07) is 0. The molecule has 0 radical (unpaired) electrons. The van der Waals surface area contributed by atoms with E-state index in [0.717, 1.165) is 12.3 Å². The third-order valence-electron chi connectivity index (χ3n) is 3.16. The van der Waals surface area contributed by atoms with Crippen LogP contribution in [0, 0.1) is 5.92 Å². The first kappa shape index (κ1) is 15.0. The molecule has 0 aliphatic carbocycles. The van der Waals surface area contributed by atoms with Gasteiger partial charge >= 0.3 is 0 Å². The Morgan fingerprint density at radius 2 is 1.33 bits per heavy atom. The topological polar surface area (TPSA) is 20.2 Å². The van der Waals surface area contributed by atoms with Crippen LogP contribution in [0.3, 0.4) is 0 Å². The largest absolute Gasteiger partial charge is 0.396 e. The van der Waals surface area contributed by atoms with Gasteiger partial charge in [-0.25, -0.2) is 0 Å². The average molecular weight is 214 g/mol. The first-order chi connectivity index (χ1) is 7.31. The zero-order valence-electron chi connectivity index (χ0n) is 10.8. The van der Waals surface area contributed by atoms with Gasteiger partial charge in [-0.15, -0.1) is 0 Å². The van der Waals surface area contributed by atoms with Crippen LogP contribution < -0.4 is 0 Å². The van der Waals surface area contributed by atoms with Crippen LogP contribution in [0.25, 0.3) is 0 Å². The Bertz CT molecular complexity index is 112. The lowest BCUT2D eigenvalue weighted by molar-refractivity contribution is 0.280. The van der Waals surface area contributed by atoms with Crippen molar-refractivity contribution in [1.29, 1.82) is 0 Å². The Hall–Kier alpha value is -0.0400. The number of aliphatic hydroxyl groups is 1. The fourth-order valence-corrected chi connectivity index (χ4v) is 2.02. The highest BCUT2D eigenvalue weighted by molar-refractivity contribution is 4.55. The van der Waals surface area contributed by atoms with Crippen LogP contribution in [0.5, 0.6) is 0 Å². The summed E-state index contributed by atoms with van der Waals surface area (Å²) in [6.07, 6.45) is 13.3. The zero-order chi connectivity index (χ0) is 11.4. The lowest BCUT2D eigenvalue weighted by Crippen LogP contribution is -1.95. The summed E-state index contributed by atoms with van der Waals surface area (Å²) in [5.41, 5.74) is 0. The highest BCUT2D eigenvalue weighted by Crippen LogP contribution is 2.17. The molecule has 0 aliphatic rings. The lowest BCUT2D eigenvalue weighted by Gasteiger charge is -2.10. The molecule has 1 atom stereocenters. The molecule has 1 unspecified atom stereocenters. The highest BCUT2D eigenvalue weighted by atomic mass is 16.2. The average Bonchev–Trinajstić information content (AvgIpc) is 2.24. The summed E-state index contributed by atoms with van der Waals surface area (Å²) < 4.78 is 0. The van der Waals surface area contributed by atoms with Crippen LogP contribution in [-0.4, -0.2) is 11.7 Å². The Kier molecular flexibility index (Phi) is 12.0. The Morgan fingerprint density at radius 3 is 1.87 bits per heavy atom. The zero-order valence-corrected chi connectivity index (χ0v) is 10.8. The van der Waals surface area contributed by atoms with E-state index in [1.807, 2.05) is 0 Å². The molecule has 0 amide bonds. The number of hydrogen-bond donors (Lipinski definition) is 1. The normalized spacial score (nSPS) is 13.0. The number of aliphatic hydroxyl groups excluding tert-OH is 1. The smallest absolute Gasteiger partial charge is 0.0431 e. The van der Waals surface area contributed by atoms with Gasteiger partial charge in [0.2, 0.25) is 0 Å². The van der Waals surface area contributed by atoms with Crippen molar-refractivity contribution < 1.29 is 5.11 Å². The second-order valence-corrected chi connectivity index (χ2v) is 4.88. The summed E-state index contributed by atoms with van der Waals surface area (Å²) in [4.78, 5) is 0. The standard InChI is InChI=1S/C14H30O/c1-3-4-5-6-8-11-14(2)12-9-7-10-13-15/h14-15H,3-13H2,1-2H3. The molecule has 92 valence electrons. The Morgan fingerprint density at radius 1 is 0.800 bits per heavy atom. The van der Waals surface area contributed by atoms with E-state index in [2.05, 4.69) is 13.8 Å². The van der Waals surface area contributed by atoms with Crippen molar-refractivity contribution in [1.82, 2.24) is 0 Å². The summed E-state index contributed by atoms with van der Waals surface area (Å²) in [5.74, 6) is 0.894. The minimum absolute atomic E-state index is 0.366. The third kappa shape index (κ3) is 11.9. The first-order valence-electron chi connectivity index (χ1n) is 6.92. The summed E-state index contributed by atoms with van der Waals surface area (Å²) in [6.45, 7) is 5.01. The molecular formula is C14H30O. The molecule has 1 heteroatoms. The van der Waals surface area contributed by atoms with E-state index in [1.54, 1.807) is 0 Å². The fraction of sp³-hybridized carbons (Fsp3) is 1.00. The van der Waals surface area contributed by atoms with E-state index in [0.29, 0.717) is 6.61 Å². The van der Waals surface area contributed by atoms with Crippen molar-refractivity contribution in [2.24, 2.45) is 5.92 Å². The number of hydrogen-bond acceptors (Lipinski definition) is 1. The maximum atomic E-state index is 8.66. The second kappa shape index (κ2) is 12.0. The van der Waals surface area contributed by atoms with Crippen molar-refractivity contribution in [3.8, 4) is 0 Å². The minimum Gasteiger partial charge on any atom is -0.396 e. The molecule has 0 aromatic carbocycles. The third-order valence-corrected chi connectivity index (χ3v) is 3.16. The van der Waals surface area contributed by atoms with E-state index in [4.69, 9.17) is 5.11 Å². The molecular weight excluding hydrogens is 184 g/mol. The van der Waals surface area contributed by atoms with Gasteiger partial charge < -0.3 is 5.11 Å². The van der Waals surface area contributed by atoms with Gasteiger partial charge in [0, 0.05) is 6.61 Å². The van der Waals surface area contributed by atoms with Crippen molar-refractivity contribution >= 4 is 0 Å². The van der Waals surface area contributed by atoms with Gasteiger partial charge in [-0.3, -0.25) is 0 Å². The molecule has 0 rings (SSSR count). The Labute approximate surface area is 96.3 Å². The molecule has 0 saturated heterocycles. The molecule has 0 bridgehead atoms. The maximum absolute atomic E-state index is 8.66. The van der Waals surface area contributed by atoms with Crippen LogP contribution in [0.15, 0.2) is 0 Å². The van der Waals surface area contributed by atoms with Gasteiger partial charge in [0.15, 0.2) is 0 Å². The molecule has 15 heavy (non-hydrogen) atoms. The SMILES string of the molecule is CCCCCCCC(C)CCCCCO. The highest BCUT2D eigenvalue weighted by Gasteiger charge is 2.01. The maximum Gasteiger partial charge on any atom is 0.0431 e. The monoisotopic (exact) mass is 214 g/mol. The molecule has 0 spiro atoms. The van der Waals surface area contributed by atoms with Crippen molar-refractivity contribution in [2.75, 3.05) is 6.61 Å². The van der Waals surface area contributed by atoms with E-state index in [9.17, 15) is 0 Å². The molecule has 0 aromatic heterocycles. The summed E-state index contributed by atoms with van der Waals surface area (Å²) in [5, 5.41) is 8.66. The first-order valence-corrected chi connectivity index (χ1v) is 6.92. The van der Waals surface area contributed by atoms with E-state index < -0.39 is 0 Å². The van der Waals surface area contributed by atoms with E-state index in [1.165, 1.54) is 57.8 Å². The summed E-state index contributed by atoms with van der Waals surface area (Å²) >= 11 is 0. The number of unbranched alkanes of at least 4 members (excludes halogenated alkanes) is 6. The van der Waals surface area contributed by atoms with Crippen molar-refractivity contribution in [2.45, 2.75) is 78.1 Å². The van der Waals surface area contributed by atoms with Crippen molar-refractivity contribution in [3.05, 3.63) is 0 Å². The van der Waals surface area contributed by atoms with Gasteiger partial charge in [-0.1, -0.05) is 71.6 Å². The van der Waals surface area contributed by atoms with Crippen molar-refractivity contribution in [3.63, 3.8) is 0 Å². The minimum atomic E-state index is 0.366. The van der Waals surface area contributed by atoms with Gasteiger partial charge in [0.1, 0.15) is 0 Å². The van der Waals surface area contributed by atoms with Crippen LogP contribution in [0.1, 0.15) is 78.1 Å². The molecule has 0 saturated carbocycles. The molecule has 0 aliphatic heterocycles. The molecule has 1 N–H and O–H groups in total. The fourth-order valence-electron chi connectivity index (χ4n) is 2.02. The van der Waals surface area contributed by atoms with Crippen LogP contribution in [-0.2, 0) is 0 Å².